The fraction of sp³-hybridized carbons (Fsp3) is 0.364. The minimum Gasteiger partial charge on any atom is -0.318 e. The quantitative estimate of drug-likeness (QED) is 0.436. The third-order valence-corrected chi connectivity index (χ3v) is 2.88. The molecule has 1 aliphatic rings. The van der Waals surface area contributed by atoms with E-state index < -0.39 is 0 Å². The van der Waals surface area contributed by atoms with Gasteiger partial charge in [-0.1, -0.05) is 26.0 Å². The molecule has 3 nitrogen and oxygen atoms in total. The van der Waals surface area contributed by atoms with Gasteiger partial charge in [-0.3, -0.25) is 4.99 Å². The van der Waals surface area contributed by atoms with E-state index in [2.05, 4.69) is 41.8 Å². The summed E-state index contributed by atoms with van der Waals surface area (Å²) in [5.74, 6) is 0. The molecule has 0 bridgehead atoms. The predicted molar refractivity (Wildman–Crippen MR) is 68.4 cm³/mol. The molecule has 0 unspecified atom stereocenters. The number of aliphatic imine (C=N–C) groups is 1. The van der Waals surface area contributed by atoms with E-state index in [9.17, 15) is 0 Å². The number of hydrazine groups is 1. The highest BCUT2D eigenvalue weighted by molar-refractivity contribution is 8.02. The lowest BCUT2D eigenvalue weighted by molar-refractivity contribution is 0.628. The van der Waals surface area contributed by atoms with Gasteiger partial charge in [0.1, 0.15) is 0 Å². The van der Waals surface area contributed by atoms with Crippen molar-refractivity contribution in [2.45, 2.75) is 13.8 Å². The Bertz CT molecular complexity index is 327. The van der Waals surface area contributed by atoms with Crippen LogP contribution in [-0.4, -0.2) is 12.8 Å². The molecule has 1 rings (SSSR count). The summed E-state index contributed by atoms with van der Waals surface area (Å²) in [5.41, 5.74) is 3.88. The van der Waals surface area contributed by atoms with E-state index in [-0.39, 0.29) is 5.41 Å². The Morgan fingerprint density at radius 3 is 2.80 bits per heavy atom. The van der Waals surface area contributed by atoms with Gasteiger partial charge in [-0.15, -0.1) is 6.58 Å². The zero-order valence-electron chi connectivity index (χ0n) is 9.37. The molecule has 0 saturated carbocycles. The molecule has 0 aromatic heterocycles. The summed E-state index contributed by atoms with van der Waals surface area (Å²) >= 11 is 1.53. The number of rotatable bonds is 4. The molecule has 15 heavy (non-hydrogen) atoms. The van der Waals surface area contributed by atoms with Crippen molar-refractivity contribution >= 4 is 17.7 Å². The molecule has 0 atom stereocenters. The van der Waals surface area contributed by atoms with Crippen LogP contribution in [0.15, 0.2) is 40.9 Å². The third kappa shape index (κ3) is 3.57. The monoisotopic (exact) mass is 223 g/mol. The summed E-state index contributed by atoms with van der Waals surface area (Å²) in [5, 5.41) is 0. The van der Waals surface area contributed by atoms with Gasteiger partial charge in [0.2, 0.25) is 0 Å². The summed E-state index contributed by atoms with van der Waals surface area (Å²) in [6.07, 6.45) is 7.94. The molecule has 0 fully saturated rings. The molecule has 1 aliphatic heterocycles. The second-order valence-electron chi connectivity index (χ2n) is 3.82. The Morgan fingerprint density at radius 2 is 2.33 bits per heavy atom. The molecule has 0 aromatic rings. The predicted octanol–water partition coefficient (Wildman–Crippen LogP) is 2.42. The molecule has 0 amide bonds. The normalized spacial score (nSPS) is 17.8. The number of hydrogen-bond acceptors (Lipinski definition) is 4. The highest BCUT2D eigenvalue weighted by atomic mass is 32.2. The molecule has 1 heterocycles. The Labute approximate surface area is 95.5 Å². The van der Waals surface area contributed by atoms with Crippen molar-refractivity contribution in [3.8, 4) is 0 Å². The molecule has 0 radical (unpaired) electrons. The zero-order valence-corrected chi connectivity index (χ0v) is 10.2. The second kappa shape index (κ2) is 5.19. The number of hydrogen-bond donors (Lipinski definition) is 2. The molecule has 0 saturated heterocycles. The highest BCUT2D eigenvalue weighted by Gasteiger charge is 2.11. The average molecular weight is 223 g/mol. The molecule has 2 N–H and O–H groups in total. The van der Waals surface area contributed by atoms with Crippen LogP contribution >= 0.6 is 11.9 Å². The lowest BCUT2D eigenvalue weighted by atomic mass is 9.93. The molecule has 0 aliphatic carbocycles. The van der Waals surface area contributed by atoms with Crippen molar-refractivity contribution in [2.24, 2.45) is 10.4 Å². The van der Waals surface area contributed by atoms with Crippen LogP contribution in [-0.2, 0) is 0 Å². The van der Waals surface area contributed by atoms with Crippen LogP contribution in [0.2, 0.25) is 0 Å². The van der Waals surface area contributed by atoms with Crippen LogP contribution < -0.4 is 10.3 Å². The molecule has 4 heteroatoms. The topological polar surface area (TPSA) is 36.4 Å². The van der Waals surface area contributed by atoms with Crippen molar-refractivity contribution < 1.29 is 0 Å². The van der Waals surface area contributed by atoms with Crippen LogP contribution in [0.3, 0.4) is 0 Å². The van der Waals surface area contributed by atoms with E-state index >= 15 is 0 Å². The van der Waals surface area contributed by atoms with Gasteiger partial charge >= 0.3 is 0 Å². The van der Waals surface area contributed by atoms with E-state index in [1.54, 1.807) is 7.05 Å². The summed E-state index contributed by atoms with van der Waals surface area (Å²) in [4.78, 5) is 8.26. The lowest BCUT2D eigenvalue weighted by Gasteiger charge is -2.13. The molecular formula is C11H17N3S. The van der Waals surface area contributed by atoms with Gasteiger partial charge in [-0.2, -0.15) is 4.83 Å². The van der Waals surface area contributed by atoms with E-state index in [1.807, 2.05) is 18.4 Å². The fourth-order valence-corrected chi connectivity index (χ4v) is 1.57. The Balaban J connectivity index is 2.74. The van der Waals surface area contributed by atoms with Crippen LogP contribution in [0, 0.1) is 5.41 Å². The zero-order chi connectivity index (χ0) is 11.3. The van der Waals surface area contributed by atoms with E-state index in [0.717, 1.165) is 10.6 Å². The first-order valence-corrected chi connectivity index (χ1v) is 5.58. The van der Waals surface area contributed by atoms with Gasteiger partial charge in [0.15, 0.2) is 0 Å². The number of nitrogens with zero attached hydrogens (tertiary/aromatic N) is 1. The summed E-state index contributed by atoms with van der Waals surface area (Å²) < 4.78 is 0. The molecule has 82 valence electrons. The van der Waals surface area contributed by atoms with Gasteiger partial charge in [0, 0.05) is 18.7 Å². The van der Waals surface area contributed by atoms with Crippen molar-refractivity contribution in [3.05, 3.63) is 35.9 Å². The van der Waals surface area contributed by atoms with Gasteiger partial charge in [-0.25, -0.2) is 0 Å². The van der Waals surface area contributed by atoms with E-state index in [4.69, 9.17) is 0 Å². The number of nitrogens with one attached hydrogen (secondary N) is 2. The van der Waals surface area contributed by atoms with Gasteiger partial charge in [-0.05, 0) is 18.0 Å². The van der Waals surface area contributed by atoms with Crippen molar-refractivity contribution in [1.29, 1.82) is 0 Å². The van der Waals surface area contributed by atoms with Crippen molar-refractivity contribution in [1.82, 2.24) is 10.3 Å². The first-order valence-electron chi connectivity index (χ1n) is 4.76. The van der Waals surface area contributed by atoms with Crippen LogP contribution in [0.1, 0.15) is 13.8 Å². The SMILES string of the molecule is C=CC(C)(C)/C=C\C(=NC)C1=CNNS1. The number of allylic oxidation sites excluding steroid dienone is 4. The lowest BCUT2D eigenvalue weighted by Crippen LogP contribution is -2.11. The van der Waals surface area contributed by atoms with Crippen LogP contribution in [0.5, 0.6) is 0 Å². The van der Waals surface area contributed by atoms with Crippen LogP contribution in [0.25, 0.3) is 0 Å². The van der Waals surface area contributed by atoms with Crippen LogP contribution in [0.4, 0.5) is 0 Å². The Hall–Kier alpha value is -1.00. The maximum absolute atomic E-state index is 4.23. The summed E-state index contributed by atoms with van der Waals surface area (Å²) in [6.45, 7) is 8.01. The van der Waals surface area contributed by atoms with E-state index in [1.165, 1.54) is 11.9 Å². The molecule has 0 spiro atoms. The maximum Gasteiger partial charge on any atom is 0.0732 e. The molecule has 0 aromatic carbocycles. The third-order valence-electron chi connectivity index (χ3n) is 2.11. The highest BCUT2D eigenvalue weighted by Crippen LogP contribution is 2.21. The first kappa shape index (κ1) is 12.1. The summed E-state index contributed by atoms with van der Waals surface area (Å²) in [7, 11) is 1.79. The van der Waals surface area contributed by atoms with Crippen molar-refractivity contribution in [3.63, 3.8) is 0 Å². The van der Waals surface area contributed by atoms with Gasteiger partial charge in [0.05, 0.1) is 10.6 Å². The average Bonchev–Trinajstić information content (AvgIpc) is 2.72. The Kier molecular flexibility index (Phi) is 4.17. The molecular weight excluding hydrogens is 206 g/mol. The standard InChI is InChI=1S/C11H17N3S/c1-5-11(2,3)7-6-9(12-4)10-8-13-14-15-10/h5-8,13-14H,1H2,2-4H3/b7-6-,12-9?. The Morgan fingerprint density at radius 1 is 1.60 bits per heavy atom. The maximum atomic E-state index is 4.23. The fourth-order valence-electron chi connectivity index (χ4n) is 0.964. The van der Waals surface area contributed by atoms with E-state index in [0.29, 0.717) is 0 Å². The van der Waals surface area contributed by atoms with Crippen molar-refractivity contribution in [2.75, 3.05) is 7.05 Å². The van der Waals surface area contributed by atoms with Gasteiger partial charge in [0.25, 0.3) is 0 Å². The smallest absolute Gasteiger partial charge is 0.0732 e. The van der Waals surface area contributed by atoms with Gasteiger partial charge < -0.3 is 5.43 Å². The first-order chi connectivity index (χ1) is 7.09. The minimum atomic E-state index is 0.000623. The second-order valence-corrected chi connectivity index (χ2v) is 4.67. The largest absolute Gasteiger partial charge is 0.318 e. The summed E-state index contributed by atoms with van der Waals surface area (Å²) in [6, 6.07) is 0. The minimum absolute atomic E-state index is 0.000623.